The minimum atomic E-state index is -3.73. The number of amides is 1. The highest BCUT2D eigenvalue weighted by Gasteiger charge is 2.27. The van der Waals surface area contributed by atoms with Gasteiger partial charge in [-0.3, -0.25) is 4.79 Å². The van der Waals surface area contributed by atoms with Crippen LogP contribution in [0.4, 0.5) is 4.39 Å². The summed E-state index contributed by atoms with van der Waals surface area (Å²) >= 11 is 0. The fourth-order valence-electron chi connectivity index (χ4n) is 1.74. The summed E-state index contributed by atoms with van der Waals surface area (Å²) in [6.07, 6.45) is 0.562. The van der Waals surface area contributed by atoms with Gasteiger partial charge in [-0.25, -0.2) is 12.8 Å². The first-order chi connectivity index (χ1) is 8.50. The van der Waals surface area contributed by atoms with Crippen molar-refractivity contribution in [2.24, 2.45) is 0 Å². The van der Waals surface area contributed by atoms with Crippen molar-refractivity contribution in [3.8, 4) is 0 Å². The lowest BCUT2D eigenvalue weighted by molar-refractivity contribution is -0.120. The lowest BCUT2D eigenvalue weighted by Crippen LogP contribution is -2.37. The second-order valence-corrected chi connectivity index (χ2v) is 5.93. The van der Waals surface area contributed by atoms with Crippen molar-refractivity contribution in [3.05, 3.63) is 30.1 Å². The predicted molar refractivity (Wildman–Crippen MR) is 62.8 cm³/mol. The van der Waals surface area contributed by atoms with Gasteiger partial charge in [0.2, 0.25) is 15.9 Å². The van der Waals surface area contributed by atoms with Gasteiger partial charge in [0, 0.05) is 13.1 Å². The molecule has 1 aliphatic rings. The Balaban J connectivity index is 2.29. The average molecular weight is 272 g/mol. The summed E-state index contributed by atoms with van der Waals surface area (Å²) in [6.45, 7) is 0.548. The SMILES string of the molecule is O=C1CN(S(=O)(=O)c2ccc(F)cc2)CCCN1. The molecule has 0 aliphatic carbocycles. The maximum Gasteiger partial charge on any atom is 0.243 e. The molecule has 1 N–H and O–H groups in total. The molecule has 0 atom stereocenters. The van der Waals surface area contributed by atoms with E-state index in [1.54, 1.807) is 0 Å². The molecule has 1 fully saturated rings. The second-order valence-electron chi connectivity index (χ2n) is 4.00. The molecule has 1 aromatic carbocycles. The number of hydrogen-bond acceptors (Lipinski definition) is 3. The molecule has 0 unspecified atom stereocenters. The Hall–Kier alpha value is -1.47. The topological polar surface area (TPSA) is 66.5 Å². The molecule has 1 aliphatic heterocycles. The Labute approximate surface area is 105 Å². The number of carbonyl (C=O) groups is 1. The van der Waals surface area contributed by atoms with E-state index in [1.807, 2.05) is 0 Å². The van der Waals surface area contributed by atoms with Crippen LogP contribution < -0.4 is 5.32 Å². The highest BCUT2D eigenvalue weighted by Crippen LogP contribution is 2.17. The molecule has 5 nitrogen and oxygen atoms in total. The molecule has 1 aromatic rings. The van der Waals surface area contributed by atoms with Crippen LogP contribution in [0.3, 0.4) is 0 Å². The molecule has 0 aromatic heterocycles. The summed E-state index contributed by atoms with van der Waals surface area (Å²) in [7, 11) is -3.73. The predicted octanol–water partition coefficient (Wildman–Crippen LogP) is 0.336. The third kappa shape index (κ3) is 2.68. The van der Waals surface area contributed by atoms with Gasteiger partial charge in [0.05, 0.1) is 11.4 Å². The van der Waals surface area contributed by atoms with Crippen molar-refractivity contribution < 1.29 is 17.6 Å². The summed E-state index contributed by atoms with van der Waals surface area (Å²) < 4.78 is 38.3. The molecular formula is C11H13FN2O3S. The maximum absolute atomic E-state index is 12.8. The maximum atomic E-state index is 12.8. The lowest BCUT2D eigenvalue weighted by Gasteiger charge is -2.18. The standard InChI is InChI=1S/C11H13FN2O3S/c12-9-2-4-10(5-3-9)18(16,17)14-7-1-6-13-11(15)8-14/h2-5H,1,6-8H2,(H,13,15). The van der Waals surface area contributed by atoms with Gasteiger partial charge < -0.3 is 5.32 Å². The molecule has 2 rings (SSSR count). The fraction of sp³-hybridized carbons (Fsp3) is 0.364. The normalized spacial score (nSPS) is 18.2. The Bertz CT molecular complexity index is 542. The molecule has 98 valence electrons. The van der Waals surface area contributed by atoms with Crippen LogP contribution in [0.25, 0.3) is 0 Å². The quantitative estimate of drug-likeness (QED) is 0.844. The van der Waals surface area contributed by atoms with Crippen molar-refractivity contribution in [2.75, 3.05) is 19.6 Å². The highest BCUT2D eigenvalue weighted by molar-refractivity contribution is 7.89. The first kappa shape index (κ1) is 13.0. The van der Waals surface area contributed by atoms with E-state index in [2.05, 4.69) is 5.32 Å². The average Bonchev–Trinajstić information content (AvgIpc) is 2.55. The van der Waals surface area contributed by atoms with Crippen molar-refractivity contribution >= 4 is 15.9 Å². The number of sulfonamides is 1. The first-order valence-corrected chi connectivity index (χ1v) is 6.96. The molecule has 0 bridgehead atoms. The van der Waals surface area contributed by atoms with Crippen LogP contribution in [0.2, 0.25) is 0 Å². The largest absolute Gasteiger partial charge is 0.355 e. The Morgan fingerprint density at radius 2 is 1.89 bits per heavy atom. The zero-order valence-corrected chi connectivity index (χ0v) is 10.4. The molecule has 1 heterocycles. The van der Waals surface area contributed by atoms with Gasteiger partial charge in [0.1, 0.15) is 5.82 Å². The van der Waals surface area contributed by atoms with Gasteiger partial charge in [-0.2, -0.15) is 4.31 Å². The van der Waals surface area contributed by atoms with Gasteiger partial charge >= 0.3 is 0 Å². The summed E-state index contributed by atoms with van der Waals surface area (Å²) in [6, 6.07) is 4.58. The number of hydrogen-bond donors (Lipinski definition) is 1. The van der Waals surface area contributed by atoms with Crippen LogP contribution in [0.15, 0.2) is 29.2 Å². The number of rotatable bonds is 2. The molecule has 0 radical (unpaired) electrons. The van der Waals surface area contributed by atoms with Crippen LogP contribution in [0.5, 0.6) is 0 Å². The first-order valence-electron chi connectivity index (χ1n) is 5.52. The third-order valence-corrected chi connectivity index (χ3v) is 4.54. The molecule has 0 saturated carbocycles. The van der Waals surface area contributed by atoms with E-state index in [-0.39, 0.29) is 23.9 Å². The smallest absolute Gasteiger partial charge is 0.243 e. The molecular weight excluding hydrogens is 259 g/mol. The van der Waals surface area contributed by atoms with Gasteiger partial charge in [-0.05, 0) is 30.7 Å². The molecule has 1 saturated heterocycles. The number of carbonyl (C=O) groups excluding carboxylic acids is 1. The minimum Gasteiger partial charge on any atom is -0.355 e. The van der Waals surface area contributed by atoms with Crippen molar-refractivity contribution in [3.63, 3.8) is 0 Å². The Morgan fingerprint density at radius 1 is 1.22 bits per heavy atom. The summed E-state index contributed by atoms with van der Waals surface area (Å²) in [5.41, 5.74) is 0. The van der Waals surface area contributed by atoms with E-state index in [0.717, 1.165) is 16.4 Å². The van der Waals surface area contributed by atoms with Crippen LogP contribution in [-0.4, -0.2) is 38.3 Å². The minimum absolute atomic E-state index is 0.00130. The Morgan fingerprint density at radius 3 is 2.56 bits per heavy atom. The Kier molecular flexibility index (Phi) is 3.63. The van der Waals surface area contributed by atoms with E-state index >= 15 is 0 Å². The van der Waals surface area contributed by atoms with Gasteiger partial charge in [-0.1, -0.05) is 0 Å². The highest BCUT2D eigenvalue weighted by atomic mass is 32.2. The molecule has 7 heteroatoms. The zero-order valence-electron chi connectivity index (χ0n) is 9.60. The van der Waals surface area contributed by atoms with E-state index in [9.17, 15) is 17.6 Å². The summed E-state index contributed by atoms with van der Waals surface area (Å²) in [4.78, 5) is 11.3. The van der Waals surface area contributed by atoms with E-state index < -0.39 is 15.8 Å². The van der Waals surface area contributed by atoms with Gasteiger partial charge in [-0.15, -0.1) is 0 Å². The fourth-order valence-corrected chi connectivity index (χ4v) is 3.17. The number of benzene rings is 1. The van der Waals surface area contributed by atoms with Crippen LogP contribution in [0, 0.1) is 5.82 Å². The lowest BCUT2D eigenvalue weighted by atomic mass is 10.4. The molecule has 18 heavy (non-hydrogen) atoms. The van der Waals surface area contributed by atoms with E-state index in [0.29, 0.717) is 13.0 Å². The monoisotopic (exact) mass is 272 g/mol. The van der Waals surface area contributed by atoms with E-state index in [4.69, 9.17) is 0 Å². The van der Waals surface area contributed by atoms with Crippen molar-refractivity contribution in [2.45, 2.75) is 11.3 Å². The molecule has 0 spiro atoms. The number of halogens is 1. The van der Waals surface area contributed by atoms with Crippen LogP contribution in [-0.2, 0) is 14.8 Å². The van der Waals surface area contributed by atoms with E-state index in [1.165, 1.54) is 12.1 Å². The van der Waals surface area contributed by atoms with Crippen LogP contribution >= 0.6 is 0 Å². The molecule has 1 amide bonds. The summed E-state index contributed by atoms with van der Waals surface area (Å²) in [5.74, 6) is -0.819. The third-order valence-electron chi connectivity index (χ3n) is 2.68. The van der Waals surface area contributed by atoms with Crippen LogP contribution in [0.1, 0.15) is 6.42 Å². The second kappa shape index (κ2) is 5.03. The van der Waals surface area contributed by atoms with Gasteiger partial charge in [0.15, 0.2) is 0 Å². The summed E-state index contributed by atoms with van der Waals surface area (Å²) in [5, 5.41) is 2.60. The number of nitrogens with one attached hydrogen (secondary N) is 1. The number of nitrogens with zero attached hydrogens (tertiary/aromatic N) is 1. The zero-order chi connectivity index (χ0) is 13.2. The van der Waals surface area contributed by atoms with Crippen molar-refractivity contribution in [1.29, 1.82) is 0 Å². The van der Waals surface area contributed by atoms with Crippen molar-refractivity contribution in [1.82, 2.24) is 9.62 Å². The van der Waals surface area contributed by atoms with Gasteiger partial charge in [0.25, 0.3) is 0 Å².